The number of benzene rings is 1. The average molecular weight is 247 g/mol. The molecule has 0 saturated carbocycles. The molecular weight excluding hydrogens is 226 g/mol. The van der Waals surface area contributed by atoms with Gasteiger partial charge in [0.2, 0.25) is 0 Å². The van der Waals surface area contributed by atoms with Crippen molar-refractivity contribution in [2.24, 2.45) is 5.92 Å². The molecule has 3 nitrogen and oxygen atoms in total. The van der Waals surface area contributed by atoms with Crippen LogP contribution in [0.2, 0.25) is 0 Å². The number of carbonyl (C=O) groups is 1. The Kier molecular flexibility index (Phi) is 4.76. The minimum atomic E-state index is 0.224. The molecule has 98 valence electrons. The molecule has 0 radical (unpaired) electrons. The number of aldehydes is 1. The number of likely N-dealkylation sites (tertiary alicyclic amines) is 1. The van der Waals surface area contributed by atoms with Gasteiger partial charge in [-0.3, -0.25) is 4.90 Å². The lowest BCUT2D eigenvalue weighted by Gasteiger charge is -2.30. The summed E-state index contributed by atoms with van der Waals surface area (Å²) in [6.07, 6.45) is 3.27. The molecule has 1 aliphatic rings. The normalized spacial score (nSPS) is 20.6. The van der Waals surface area contributed by atoms with Gasteiger partial charge in [-0.2, -0.15) is 0 Å². The minimum Gasteiger partial charge on any atom is -0.494 e. The van der Waals surface area contributed by atoms with Crippen LogP contribution in [0.15, 0.2) is 24.3 Å². The molecule has 1 aromatic rings. The molecule has 1 aliphatic heterocycles. The van der Waals surface area contributed by atoms with E-state index in [0.29, 0.717) is 6.61 Å². The van der Waals surface area contributed by atoms with E-state index in [9.17, 15) is 4.79 Å². The first kappa shape index (κ1) is 13.1. The molecule has 0 aromatic heterocycles. The monoisotopic (exact) mass is 247 g/mol. The Labute approximate surface area is 109 Å². The van der Waals surface area contributed by atoms with Crippen molar-refractivity contribution in [1.29, 1.82) is 0 Å². The summed E-state index contributed by atoms with van der Waals surface area (Å²) in [6, 6.07) is 8.24. The van der Waals surface area contributed by atoms with Crippen LogP contribution in [-0.2, 0) is 11.3 Å². The maximum atomic E-state index is 10.8. The van der Waals surface area contributed by atoms with Crippen LogP contribution in [0.25, 0.3) is 0 Å². The Balaban J connectivity index is 1.90. The van der Waals surface area contributed by atoms with E-state index in [4.69, 9.17) is 4.74 Å². The van der Waals surface area contributed by atoms with Crippen LogP contribution in [0.1, 0.15) is 25.3 Å². The molecule has 0 N–H and O–H groups in total. The van der Waals surface area contributed by atoms with E-state index in [-0.39, 0.29) is 5.92 Å². The smallest absolute Gasteiger partial charge is 0.124 e. The molecule has 1 aromatic carbocycles. The van der Waals surface area contributed by atoms with Crippen molar-refractivity contribution in [2.45, 2.75) is 26.3 Å². The molecule has 0 bridgehead atoms. The highest BCUT2D eigenvalue weighted by Gasteiger charge is 2.18. The third-order valence-corrected chi connectivity index (χ3v) is 3.37. The number of ether oxygens (including phenoxy) is 1. The lowest BCUT2D eigenvalue weighted by Crippen LogP contribution is -2.35. The van der Waals surface area contributed by atoms with Crippen LogP contribution < -0.4 is 4.74 Å². The number of carbonyl (C=O) groups excluding carboxylic acids is 1. The van der Waals surface area contributed by atoms with E-state index in [2.05, 4.69) is 17.0 Å². The van der Waals surface area contributed by atoms with Crippen molar-refractivity contribution in [3.05, 3.63) is 29.8 Å². The second-order valence-corrected chi connectivity index (χ2v) is 4.85. The second kappa shape index (κ2) is 6.55. The van der Waals surface area contributed by atoms with Crippen LogP contribution in [0.4, 0.5) is 0 Å². The summed E-state index contributed by atoms with van der Waals surface area (Å²) >= 11 is 0. The molecule has 3 heteroatoms. The van der Waals surface area contributed by atoms with Gasteiger partial charge in [-0.1, -0.05) is 12.1 Å². The Morgan fingerprint density at radius 1 is 1.39 bits per heavy atom. The van der Waals surface area contributed by atoms with Crippen LogP contribution in [0.5, 0.6) is 5.75 Å². The molecular formula is C15H21NO2. The fourth-order valence-corrected chi connectivity index (χ4v) is 2.46. The summed E-state index contributed by atoms with van der Waals surface area (Å²) in [5.41, 5.74) is 1.28. The summed E-state index contributed by atoms with van der Waals surface area (Å²) in [6.45, 7) is 5.61. The predicted octanol–water partition coefficient (Wildman–Crippen LogP) is 2.50. The van der Waals surface area contributed by atoms with Gasteiger partial charge in [0, 0.05) is 19.0 Å². The Hall–Kier alpha value is -1.35. The summed E-state index contributed by atoms with van der Waals surface area (Å²) < 4.78 is 5.43. The van der Waals surface area contributed by atoms with Crippen LogP contribution in [0, 0.1) is 5.92 Å². The Morgan fingerprint density at radius 2 is 2.17 bits per heavy atom. The van der Waals surface area contributed by atoms with Crippen molar-refractivity contribution in [3.63, 3.8) is 0 Å². The van der Waals surface area contributed by atoms with Gasteiger partial charge in [-0.05, 0) is 44.0 Å². The number of nitrogens with zero attached hydrogens (tertiary/aromatic N) is 1. The number of hydrogen-bond acceptors (Lipinski definition) is 3. The Bertz CT molecular complexity index is 375. The lowest BCUT2D eigenvalue weighted by molar-refractivity contribution is -0.112. The van der Waals surface area contributed by atoms with Crippen molar-refractivity contribution in [2.75, 3.05) is 19.7 Å². The minimum absolute atomic E-state index is 0.224. The molecule has 1 atom stereocenters. The third-order valence-electron chi connectivity index (χ3n) is 3.37. The highest BCUT2D eigenvalue weighted by Crippen LogP contribution is 2.18. The van der Waals surface area contributed by atoms with Crippen molar-refractivity contribution >= 4 is 6.29 Å². The second-order valence-electron chi connectivity index (χ2n) is 4.85. The van der Waals surface area contributed by atoms with Gasteiger partial charge in [-0.25, -0.2) is 0 Å². The first-order valence-corrected chi connectivity index (χ1v) is 6.71. The summed E-state index contributed by atoms with van der Waals surface area (Å²) in [7, 11) is 0. The van der Waals surface area contributed by atoms with Gasteiger partial charge in [0.05, 0.1) is 6.61 Å². The fourth-order valence-electron chi connectivity index (χ4n) is 2.46. The highest BCUT2D eigenvalue weighted by molar-refractivity contribution is 5.53. The molecule has 1 unspecified atom stereocenters. The first-order valence-electron chi connectivity index (χ1n) is 6.71. The average Bonchev–Trinajstić information content (AvgIpc) is 2.42. The third kappa shape index (κ3) is 3.57. The fraction of sp³-hybridized carbons (Fsp3) is 0.533. The molecule has 18 heavy (non-hydrogen) atoms. The largest absolute Gasteiger partial charge is 0.494 e. The zero-order chi connectivity index (χ0) is 12.8. The van der Waals surface area contributed by atoms with Crippen LogP contribution >= 0.6 is 0 Å². The van der Waals surface area contributed by atoms with Gasteiger partial charge in [0.15, 0.2) is 0 Å². The zero-order valence-corrected chi connectivity index (χ0v) is 11.0. The van der Waals surface area contributed by atoms with Gasteiger partial charge in [0.1, 0.15) is 12.0 Å². The standard InChI is InChI=1S/C15H21NO2/c1-2-18-15-7-5-13(6-8-15)10-16-9-3-4-14(11-16)12-17/h5-8,12,14H,2-4,9-11H2,1H3. The zero-order valence-electron chi connectivity index (χ0n) is 11.0. The maximum Gasteiger partial charge on any atom is 0.124 e. The highest BCUT2D eigenvalue weighted by atomic mass is 16.5. The van der Waals surface area contributed by atoms with Crippen molar-refractivity contribution in [3.8, 4) is 5.75 Å². The molecule has 1 saturated heterocycles. The summed E-state index contributed by atoms with van der Waals surface area (Å²) in [5, 5.41) is 0. The maximum absolute atomic E-state index is 10.8. The molecule has 0 amide bonds. The molecule has 1 fully saturated rings. The number of rotatable bonds is 5. The number of hydrogen-bond donors (Lipinski definition) is 0. The van der Waals surface area contributed by atoms with Gasteiger partial charge in [0.25, 0.3) is 0 Å². The van der Waals surface area contributed by atoms with Crippen molar-refractivity contribution < 1.29 is 9.53 Å². The van der Waals surface area contributed by atoms with E-state index >= 15 is 0 Å². The number of piperidine rings is 1. The summed E-state index contributed by atoms with van der Waals surface area (Å²) in [5.74, 6) is 1.15. The van der Waals surface area contributed by atoms with Gasteiger partial charge < -0.3 is 9.53 Å². The lowest BCUT2D eigenvalue weighted by atomic mass is 9.99. The van der Waals surface area contributed by atoms with Gasteiger partial charge >= 0.3 is 0 Å². The molecule has 0 aliphatic carbocycles. The van der Waals surface area contributed by atoms with E-state index in [0.717, 1.165) is 44.5 Å². The van der Waals surface area contributed by atoms with Crippen LogP contribution in [-0.4, -0.2) is 30.9 Å². The van der Waals surface area contributed by atoms with Crippen molar-refractivity contribution in [1.82, 2.24) is 4.90 Å². The molecule has 1 heterocycles. The van der Waals surface area contributed by atoms with E-state index in [1.165, 1.54) is 5.56 Å². The Morgan fingerprint density at radius 3 is 2.83 bits per heavy atom. The van der Waals surface area contributed by atoms with E-state index < -0.39 is 0 Å². The summed E-state index contributed by atoms with van der Waals surface area (Å²) in [4.78, 5) is 13.2. The SMILES string of the molecule is CCOc1ccc(CN2CCCC(C=O)C2)cc1. The van der Waals surface area contributed by atoms with Crippen LogP contribution in [0.3, 0.4) is 0 Å². The quantitative estimate of drug-likeness (QED) is 0.749. The predicted molar refractivity (Wildman–Crippen MR) is 71.7 cm³/mol. The first-order chi connectivity index (χ1) is 8.81. The van der Waals surface area contributed by atoms with E-state index in [1.54, 1.807) is 0 Å². The van der Waals surface area contributed by atoms with E-state index in [1.807, 2.05) is 19.1 Å². The topological polar surface area (TPSA) is 29.5 Å². The molecule has 0 spiro atoms. The van der Waals surface area contributed by atoms with Gasteiger partial charge in [-0.15, -0.1) is 0 Å². The molecule has 2 rings (SSSR count).